The molecule has 0 N–H and O–H groups in total. The lowest BCUT2D eigenvalue weighted by Gasteiger charge is -2.41. The van der Waals surface area contributed by atoms with Crippen LogP contribution in [0.25, 0.3) is 11.1 Å². The third-order valence-corrected chi connectivity index (χ3v) is 6.81. The highest BCUT2D eigenvalue weighted by atomic mass is 16.6. The van der Waals surface area contributed by atoms with Gasteiger partial charge in [0.1, 0.15) is 12.6 Å². The average Bonchev–Trinajstić information content (AvgIpc) is 3.07. The van der Waals surface area contributed by atoms with Crippen molar-refractivity contribution in [3.63, 3.8) is 0 Å². The fraction of sp³-hybridized carbons (Fsp3) is 0.440. The summed E-state index contributed by atoms with van der Waals surface area (Å²) < 4.78 is 10.7. The first-order valence-corrected chi connectivity index (χ1v) is 10.6. The Morgan fingerprint density at radius 1 is 1.07 bits per heavy atom. The molecule has 0 radical (unpaired) electrons. The number of methoxy groups -OCH3 is 1. The summed E-state index contributed by atoms with van der Waals surface area (Å²) in [6, 6.07) is 15.8. The smallest absolute Gasteiger partial charge is 0.410 e. The summed E-state index contributed by atoms with van der Waals surface area (Å²) in [6.45, 7) is 2.40. The Balaban J connectivity index is 1.48. The second-order valence-corrected chi connectivity index (χ2v) is 8.82. The van der Waals surface area contributed by atoms with Crippen LogP contribution in [0, 0.1) is 5.41 Å². The molecule has 2 aromatic rings. The van der Waals surface area contributed by atoms with Gasteiger partial charge in [0.15, 0.2) is 0 Å². The van der Waals surface area contributed by atoms with Gasteiger partial charge in [-0.2, -0.15) is 0 Å². The van der Waals surface area contributed by atoms with Crippen molar-refractivity contribution in [1.82, 2.24) is 4.90 Å². The van der Waals surface area contributed by atoms with E-state index in [-0.39, 0.29) is 23.9 Å². The molecule has 0 saturated heterocycles. The monoisotopic (exact) mass is 407 g/mol. The molecule has 5 heteroatoms. The van der Waals surface area contributed by atoms with Crippen LogP contribution in [0.15, 0.2) is 48.5 Å². The van der Waals surface area contributed by atoms with Crippen LogP contribution in [0.4, 0.5) is 4.79 Å². The highest BCUT2D eigenvalue weighted by Gasteiger charge is 2.40. The molecule has 4 rings (SSSR count). The summed E-state index contributed by atoms with van der Waals surface area (Å²) in [5, 5.41) is 0. The summed E-state index contributed by atoms with van der Waals surface area (Å²) in [7, 11) is 2.99. The van der Waals surface area contributed by atoms with Gasteiger partial charge >= 0.3 is 12.1 Å². The van der Waals surface area contributed by atoms with Gasteiger partial charge in [-0.3, -0.25) is 4.90 Å². The van der Waals surface area contributed by atoms with Crippen molar-refractivity contribution in [3.05, 3.63) is 59.7 Å². The molecular weight excluding hydrogens is 378 g/mol. The zero-order chi connectivity index (χ0) is 21.3. The highest BCUT2D eigenvalue weighted by Crippen LogP contribution is 2.46. The van der Waals surface area contributed by atoms with Crippen LogP contribution in [-0.4, -0.2) is 43.8 Å². The van der Waals surface area contributed by atoms with Crippen LogP contribution in [0.5, 0.6) is 0 Å². The second-order valence-electron chi connectivity index (χ2n) is 8.82. The molecule has 0 heterocycles. The zero-order valence-corrected chi connectivity index (χ0v) is 17.9. The van der Waals surface area contributed by atoms with E-state index < -0.39 is 12.1 Å². The summed E-state index contributed by atoms with van der Waals surface area (Å²) in [5.41, 5.74) is 4.79. The lowest BCUT2D eigenvalue weighted by molar-refractivity contribution is -0.147. The van der Waals surface area contributed by atoms with E-state index in [0.717, 1.165) is 12.8 Å². The maximum absolute atomic E-state index is 12.9. The van der Waals surface area contributed by atoms with E-state index in [1.165, 1.54) is 40.7 Å². The summed E-state index contributed by atoms with van der Waals surface area (Å²) in [4.78, 5) is 26.7. The van der Waals surface area contributed by atoms with Crippen LogP contribution < -0.4 is 0 Å². The molecule has 1 atom stereocenters. The molecule has 0 bridgehead atoms. The van der Waals surface area contributed by atoms with Gasteiger partial charge in [-0.25, -0.2) is 9.59 Å². The van der Waals surface area contributed by atoms with Crippen molar-refractivity contribution < 1.29 is 19.1 Å². The number of carbonyl (C=O) groups is 2. The van der Waals surface area contributed by atoms with E-state index in [2.05, 4.69) is 31.2 Å². The molecule has 1 amide bonds. The molecule has 0 aromatic heterocycles. The van der Waals surface area contributed by atoms with Crippen LogP contribution in [0.2, 0.25) is 0 Å². The van der Waals surface area contributed by atoms with E-state index >= 15 is 0 Å². The van der Waals surface area contributed by atoms with Crippen molar-refractivity contribution in [2.45, 2.75) is 44.6 Å². The molecule has 1 saturated carbocycles. The van der Waals surface area contributed by atoms with Crippen molar-refractivity contribution in [1.29, 1.82) is 0 Å². The predicted octanol–water partition coefficient (Wildman–Crippen LogP) is 4.99. The van der Waals surface area contributed by atoms with Gasteiger partial charge in [0.25, 0.3) is 0 Å². The Morgan fingerprint density at radius 3 is 2.13 bits per heavy atom. The quantitative estimate of drug-likeness (QED) is 0.633. The van der Waals surface area contributed by atoms with E-state index in [9.17, 15) is 9.59 Å². The van der Waals surface area contributed by atoms with E-state index in [1.54, 1.807) is 7.05 Å². The molecule has 1 fully saturated rings. The van der Waals surface area contributed by atoms with Gasteiger partial charge in [-0.15, -0.1) is 0 Å². The average molecular weight is 408 g/mol. The Bertz CT molecular complexity index is 904. The number of ether oxygens (including phenoxy) is 2. The maximum Gasteiger partial charge on any atom is 0.410 e. The molecular formula is C25H29NO4. The van der Waals surface area contributed by atoms with E-state index in [4.69, 9.17) is 9.47 Å². The molecule has 0 aliphatic heterocycles. The SMILES string of the molecule is COC(=O)[C@@H](CC1(C)CCC1)N(C)C(=O)OCC1c2ccccc2-c2ccccc21. The van der Waals surface area contributed by atoms with Gasteiger partial charge in [0.05, 0.1) is 7.11 Å². The normalized spacial score (nSPS) is 17.3. The van der Waals surface area contributed by atoms with Crippen LogP contribution >= 0.6 is 0 Å². The second kappa shape index (κ2) is 8.13. The lowest BCUT2D eigenvalue weighted by atomic mass is 9.67. The van der Waals surface area contributed by atoms with Crippen molar-refractivity contribution >= 4 is 12.1 Å². The fourth-order valence-electron chi connectivity index (χ4n) is 4.79. The van der Waals surface area contributed by atoms with Gasteiger partial charge in [0, 0.05) is 13.0 Å². The Labute approximate surface area is 178 Å². The summed E-state index contributed by atoms with van der Waals surface area (Å²) in [6.07, 6.45) is 3.41. The van der Waals surface area contributed by atoms with Crippen LogP contribution in [0.3, 0.4) is 0 Å². The molecule has 158 valence electrons. The molecule has 0 unspecified atom stereocenters. The Morgan fingerprint density at radius 2 is 1.63 bits per heavy atom. The minimum absolute atomic E-state index is 0.00419. The Kier molecular flexibility index (Phi) is 5.54. The van der Waals surface area contributed by atoms with Gasteiger partial charge < -0.3 is 9.47 Å². The topological polar surface area (TPSA) is 55.8 Å². The number of hydrogen-bond acceptors (Lipinski definition) is 4. The zero-order valence-electron chi connectivity index (χ0n) is 17.9. The number of rotatable bonds is 6. The minimum Gasteiger partial charge on any atom is -0.467 e. The molecule has 2 aliphatic carbocycles. The fourth-order valence-corrected chi connectivity index (χ4v) is 4.79. The van der Waals surface area contributed by atoms with Gasteiger partial charge in [0.2, 0.25) is 0 Å². The molecule has 30 heavy (non-hydrogen) atoms. The first-order valence-electron chi connectivity index (χ1n) is 10.6. The molecule has 2 aromatic carbocycles. The number of amides is 1. The number of benzene rings is 2. The predicted molar refractivity (Wildman–Crippen MR) is 115 cm³/mol. The van der Waals surface area contributed by atoms with Crippen molar-refractivity contribution in [2.75, 3.05) is 20.8 Å². The lowest BCUT2D eigenvalue weighted by Crippen LogP contribution is -2.47. The Hall–Kier alpha value is -2.82. The first-order chi connectivity index (χ1) is 14.4. The number of likely N-dealkylation sites (N-methyl/N-ethyl adjacent to an activating group) is 1. The van der Waals surface area contributed by atoms with Crippen molar-refractivity contribution in [3.8, 4) is 11.1 Å². The third-order valence-electron chi connectivity index (χ3n) is 6.81. The largest absolute Gasteiger partial charge is 0.467 e. The summed E-state index contributed by atoms with van der Waals surface area (Å²) in [5.74, 6) is -0.394. The molecule has 0 spiro atoms. The van der Waals surface area contributed by atoms with Crippen LogP contribution in [-0.2, 0) is 14.3 Å². The minimum atomic E-state index is -0.629. The van der Waals surface area contributed by atoms with E-state index in [0.29, 0.717) is 6.42 Å². The standard InChI is InChI=1S/C25H29NO4/c1-25(13-8-14-25)15-22(23(27)29-3)26(2)24(28)30-16-21-19-11-6-4-9-17(19)18-10-5-7-12-20(18)21/h4-7,9-12,21-22H,8,13-16H2,1-3H3/t22-/m1/s1. The number of carbonyl (C=O) groups excluding carboxylic acids is 2. The van der Waals surface area contributed by atoms with E-state index in [1.807, 2.05) is 24.3 Å². The van der Waals surface area contributed by atoms with Gasteiger partial charge in [-0.1, -0.05) is 61.9 Å². The molecule has 2 aliphatic rings. The van der Waals surface area contributed by atoms with Gasteiger partial charge in [-0.05, 0) is 46.9 Å². The number of fused-ring (bicyclic) bond motifs is 3. The first kappa shape index (κ1) is 20.5. The number of nitrogens with zero attached hydrogens (tertiary/aromatic N) is 1. The number of esters is 1. The highest BCUT2D eigenvalue weighted by molar-refractivity contribution is 5.82. The number of hydrogen-bond donors (Lipinski definition) is 0. The van der Waals surface area contributed by atoms with Crippen molar-refractivity contribution in [2.24, 2.45) is 5.41 Å². The van der Waals surface area contributed by atoms with Crippen LogP contribution in [0.1, 0.15) is 49.7 Å². The molecule has 5 nitrogen and oxygen atoms in total. The maximum atomic E-state index is 12.9. The summed E-state index contributed by atoms with van der Waals surface area (Å²) >= 11 is 0. The third kappa shape index (κ3) is 3.69.